The lowest BCUT2D eigenvalue weighted by molar-refractivity contribution is 0.0690. The minimum atomic E-state index is -0.920. The van der Waals surface area contributed by atoms with Crippen LogP contribution in [-0.4, -0.2) is 38.7 Å². The molecule has 5 heteroatoms. The number of carboxylic acids is 1. The molecule has 5 nitrogen and oxygen atoms in total. The number of carbonyl (C=O) groups is 1. The molecule has 2 N–H and O–H groups in total. The van der Waals surface area contributed by atoms with Gasteiger partial charge in [-0.15, -0.1) is 0 Å². The van der Waals surface area contributed by atoms with Gasteiger partial charge in [0.05, 0.1) is 11.3 Å². The minimum absolute atomic E-state index is 0.291. The first-order chi connectivity index (χ1) is 12.1. The third-order valence-electron chi connectivity index (χ3n) is 4.90. The molecule has 1 aliphatic rings. The number of carboxylic acid groups (broad SMARTS) is 1. The van der Waals surface area contributed by atoms with Gasteiger partial charge in [-0.2, -0.15) is 0 Å². The van der Waals surface area contributed by atoms with Crippen LogP contribution in [0, 0.1) is 0 Å². The summed E-state index contributed by atoms with van der Waals surface area (Å²) in [4.78, 5) is 18.1. The van der Waals surface area contributed by atoms with Gasteiger partial charge in [0.1, 0.15) is 5.75 Å². The fourth-order valence-corrected chi connectivity index (χ4v) is 3.59. The van der Waals surface area contributed by atoms with Crippen LogP contribution in [0.2, 0.25) is 0 Å². The third-order valence-corrected chi connectivity index (χ3v) is 4.90. The fraction of sp³-hybridized carbons (Fsp3) is 0.400. The lowest BCUT2D eigenvalue weighted by Gasteiger charge is -2.35. The lowest BCUT2D eigenvalue weighted by Crippen LogP contribution is -2.39. The van der Waals surface area contributed by atoms with Crippen molar-refractivity contribution in [3.63, 3.8) is 0 Å². The zero-order valence-electron chi connectivity index (χ0n) is 14.3. The molecule has 0 aliphatic carbocycles. The van der Waals surface area contributed by atoms with Gasteiger partial charge >= 0.3 is 5.97 Å². The summed E-state index contributed by atoms with van der Waals surface area (Å²) < 4.78 is 0. The highest BCUT2D eigenvalue weighted by atomic mass is 16.4. The van der Waals surface area contributed by atoms with E-state index in [4.69, 9.17) is 0 Å². The first-order valence-corrected chi connectivity index (χ1v) is 8.82. The Morgan fingerprint density at radius 1 is 1.24 bits per heavy atom. The largest absolute Gasteiger partial charge is 0.508 e. The maximum absolute atomic E-state index is 11.4. The Labute approximate surface area is 147 Å². The van der Waals surface area contributed by atoms with E-state index in [2.05, 4.69) is 9.88 Å². The van der Waals surface area contributed by atoms with Gasteiger partial charge in [-0.25, -0.2) is 4.79 Å². The molecule has 3 rings (SSSR count). The van der Waals surface area contributed by atoms with E-state index in [0.29, 0.717) is 29.6 Å². The number of phenols is 1. The molecule has 0 amide bonds. The first-order valence-electron chi connectivity index (χ1n) is 8.82. The summed E-state index contributed by atoms with van der Waals surface area (Å²) in [6.45, 7) is 1.55. The van der Waals surface area contributed by atoms with Crippen molar-refractivity contribution in [2.45, 2.75) is 44.7 Å². The summed E-state index contributed by atoms with van der Waals surface area (Å²) >= 11 is 0. The number of aryl methyl sites for hydroxylation is 1. The van der Waals surface area contributed by atoms with Crippen LogP contribution in [0.1, 0.15) is 47.3 Å². The molecule has 1 saturated heterocycles. The number of pyridine rings is 1. The number of aromatic nitrogens is 1. The molecule has 1 aromatic carbocycles. The van der Waals surface area contributed by atoms with Crippen molar-refractivity contribution >= 4 is 5.97 Å². The number of piperidine rings is 1. The van der Waals surface area contributed by atoms with Crippen LogP contribution in [0.5, 0.6) is 5.75 Å². The zero-order valence-corrected chi connectivity index (χ0v) is 14.3. The maximum Gasteiger partial charge on any atom is 0.337 e. The second-order valence-corrected chi connectivity index (χ2v) is 6.63. The van der Waals surface area contributed by atoms with E-state index < -0.39 is 5.97 Å². The van der Waals surface area contributed by atoms with Gasteiger partial charge in [0.25, 0.3) is 0 Å². The molecule has 1 atom stereocenters. The van der Waals surface area contributed by atoms with Crippen LogP contribution < -0.4 is 0 Å². The number of aromatic hydroxyl groups is 1. The van der Waals surface area contributed by atoms with Crippen LogP contribution in [0.4, 0.5) is 0 Å². The van der Waals surface area contributed by atoms with Crippen LogP contribution in [-0.2, 0) is 13.0 Å². The Kier molecular flexibility index (Phi) is 5.66. The number of nitrogens with zero attached hydrogens (tertiary/aromatic N) is 2. The van der Waals surface area contributed by atoms with Crippen LogP contribution in [0.3, 0.4) is 0 Å². The number of benzene rings is 1. The molecule has 0 spiro atoms. The number of hydrogen-bond donors (Lipinski definition) is 2. The average molecular weight is 340 g/mol. The topological polar surface area (TPSA) is 73.7 Å². The molecule has 25 heavy (non-hydrogen) atoms. The zero-order chi connectivity index (χ0) is 17.6. The Morgan fingerprint density at radius 3 is 2.92 bits per heavy atom. The number of rotatable bonds is 6. The highest BCUT2D eigenvalue weighted by Crippen LogP contribution is 2.24. The molecule has 0 saturated carbocycles. The number of aromatic carboxylic acids is 1. The summed E-state index contributed by atoms with van der Waals surface area (Å²) in [7, 11) is 0. The summed E-state index contributed by atoms with van der Waals surface area (Å²) in [5.41, 5.74) is 2.06. The molecule has 1 aliphatic heterocycles. The smallest absolute Gasteiger partial charge is 0.337 e. The predicted molar refractivity (Wildman–Crippen MR) is 95.7 cm³/mol. The Morgan fingerprint density at radius 2 is 2.12 bits per heavy atom. The quantitative estimate of drug-likeness (QED) is 0.842. The number of likely N-dealkylation sites (tertiary alicyclic amines) is 1. The standard InChI is InChI=1S/C20H24N2O3/c23-17-7-3-5-15(13-17)9-10-16-6-1-2-12-22(16)14-19-18(20(24)25)8-4-11-21-19/h3-5,7-8,11,13,16,23H,1-2,6,9-10,12,14H2,(H,24,25)/t16-/m0/s1. The van der Waals surface area contributed by atoms with E-state index in [1.54, 1.807) is 24.4 Å². The summed E-state index contributed by atoms with van der Waals surface area (Å²) in [6.07, 6.45) is 7.02. The predicted octanol–water partition coefficient (Wildman–Crippen LogP) is 3.47. The Hall–Kier alpha value is -2.40. The van der Waals surface area contributed by atoms with Crippen LogP contribution in [0.15, 0.2) is 42.6 Å². The lowest BCUT2D eigenvalue weighted by atomic mass is 9.95. The van der Waals surface area contributed by atoms with Crippen molar-refractivity contribution in [2.24, 2.45) is 0 Å². The van der Waals surface area contributed by atoms with Crippen molar-refractivity contribution in [1.29, 1.82) is 0 Å². The van der Waals surface area contributed by atoms with Crippen molar-refractivity contribution < 1.29 is 15.0 Å². The normalized spacial score (nSPS) is 18.2. The molecule has 1 aromatic heterocycles. The minimum Gasteiger partial charge on any atom is -0.508 e. The van der Waals surface area contributed by atoms with Crippen LogP contribution >= 0.6 is 0 Å². The van der Waals surface area contributed by atoms with Gasteiger partial charge in [0, 0.05) is 18.8 Å². The van der Waals surface area contributed by atoms with Gasteiger partial charge in [0.15, 0.2) is 0 Å². The van der Waals surface area contributed by atoms with E-state index >= 15 is 0 Å². The average Bonchev–Trinajstić information content (AvgIpc) is 2.61. The maximum atomic E-state index is 11.4. The van der Waals surface area contributed by atoms with E-state index in [-0.39, 0.29) is 0 Å². The number of hydrogen-bond acceptors (Lipinski definition) is 4. The molecule has 0 unspecified atom stereocenters. The summed E-state index contributed by atoms with van der Waals surface area (Å²) in [5, 5.41) is 19.0. The van der Waals surface area contributed by atoms with E-state index in [1.807, 2.05) is 18.2 Å². The highest BCUT2D eigenvalue weighted by Gasteiger charge is 2.24. The van der Waals surface area contributed by atoms with Crippen molar-refractivity contribution in [3.8, 4) is 5.75 Å². The van der Waals surface area contributed by atoms with Gasteiger partial charge in [-0.3, -0.25) is 9.88 Å². The van der Waals surface area contributed by atoms with Crippen molar-refractivity contribution in [2.75, 3.05) is 6.54 Å². The first kappa shape index (κ1) is 17.4. The molecular formula is C20H24N2O3. The van der Waals surface area contributed by atoms with Crippen LogP contribution in [0.25, 0.3) is 0 Å². The van der Waals surface area contributed by atoms with E-state index in [9.17, 15) is 15.0 Å². The van der Waals surface area contributed by atoms with E-state index in [0.717, 1.165) is 37.8 Å². The SMILES string of the molecule is O=C(O)c1cccnc1CN1CCCC[C@H]1CCc1cccc(O)c1. The van der Waals surface area contributed by atoms with Crippen molar-refractivity contribution in [3.05, 3.63) is 59.4 Å². The second-order valence-electron chi connectivity index (χ2n) is 6.63. The van der Waals surface area contributed by atoms with Gasteiger partial charge in [-0.05, 0) is 62.1 Å². The summed E-state index contributed by atoms with van der Waals surface area (Å²) in [5.74, 6) is -0.617. The van der Waals surface area contributed by atoms with Gasteiger partial charge in [0.2, 0.25) is 0 Å². The number of phenolic OH excluding ortho intramolecular Hbond substituents is 1. The monoisotopic (exact) mass is 340 g/mol. The molecular weight excluding hydrogens is 316 g/mol. The Bertz CT molecular complexity index is 732. The second kappa shape index (κ2) is 8.12. The molecule has 0 bridgehead atoms. The molecule has 2 aromatic rings. The van der Waals surface area contributed by atoms with Crippen molar-refractivity contribution in [1.82, 2.24) is 9.88 Å². The summed E-state index contributed by atoms with van der Waals surface area (Å²) in [6, 6.07) is 11.1. The Balaban J connectivity index is 1.68. The molecule has 2 heterocycles. The van der Waals surface area contributed by atoms with Gasteiger partial charge in [-0.1, -0.05) is 18.6 Å². The highest BCUT2D eigenvalue weighted by molar-refractivity contribution is 5.88. The third kappa shape index (κ3) is 4.57. The van der Waals surface area contributed by atoms with Gasteiger partial charge < -0.3 is 10.2 Å². The molecule has 132 valence electrons. The molecule has 1 fully saturated rings. The fourth-order valence-electron chi connectivity index (χ4n) is 3.59. The van der Waals surface area contributed by atoms with E-state index in [1.165, 1.54) is 6.42 Å². The molecule has 0 radical (unpaired) electrons.